The van der Waals surface area contributed by atoms with Crippen LogP contribution in [0.25, 0.3) is 6.08 Å². The summed E-state index contributed by atoms with van der Waals surface area (Å²) in [6.07, 6.45) is 3.41. The van der Waals surface area contributed by atoms with Crippen molar-refractivity contribution in [2.75, 3.05) is 27.4 Å². The fourth-order valence-electron chi connectivity index (χ4n) is 4.15. The molecule has 3 aromatic rings. The summed E-state index contributed by atoms with van der Waals surface area (Å²) >= 11 is 4.73. The van der Waals surface area contributed by atoms with Crippen molar-refractivity contribution in [1.82, 2.24) is 4.57 Å². The molecule has 0 saturated carbocycles. The van der Waals surface area contributed by atoms with E-state index in [2.05, 4.69) is 27.5 Å². The van der Waals surface area contributed by atoms with E-state index in [0.717, 1.165) is 10.0 Å². The summed E-state index contributed by atoms with van der Waals surface area (Å²) in [7, 11) is 3.12. The van der Waals surface area contributed by atoms with E-state index < -0.39 is 12.0 Å². The third-order valence-electron chi connectivity index (χ3n) is 5.87. The Labute approximate surface area is 232 Å². The Kier molecular flexibility index (Phi) is 8.53. The predicted octanol–water partition coefficient (Wildman–Crippen LogP) is 4.14. The summed E-state index contributed by atoms with van der Waals surface area (Å²) in [6, 6.07) is 10.1. The summed E-state index contributed by atoms with van der Waals surface area (Å²) < 4.78 is 24.6. The van der Waals surface area contributed by atoms with Crippen molar-refractivity contribution in [3.63, 3.8) is 0 Å². The Morgan fingerprint density at radius 1 is 1.18 bits per heavy atom. The quantitative estimate of drug-likeness (QED) is 0.272. The molecular weight excluding hydrogens is 572 g/mol. The van der Waals surface area contributed by atoms with Crippen LogP contribution in [-0.4, -0.2) is 38.0 Å². The highest BCUT2D eigenvalue weighted by atomic mass is 79.9. The third kappa shape index (κ3) is 5.32. The van der Waals surface area contributed by atoms with Crippen molar-refractivity contribution < 1.29 is 23.7 Å². The zero-order valence-electron chi connectivity index (χ0n) is 21.4. The lowest BCUT2D eigenvalue weighted by molar-refractivity contribution is -0.139. The zero-order chi connectivity index (χ0) is 27.4. The van der Waals surface area contributed by atoms with Gasteiger partial charge in [-0.05, 0) is 59.6 Å². The van der Waals surface area contributed by atoms with Crippen LogP contribution in [0.1, 0.15) is 31.0 Å². The molecule has 1 aliphatic rings. The van der Waals surface area contributed by atoms with Gasteiger partial charge in [0.15, 0.2) is 4.80 Å². The number of methoxy groups -OCH3 is 2. The SMILES string of the molecule is C=CCOc1ccc([C@H]2C(C(=O)OCC)=C(C)N=c3s/c(=C\c4cc(Br)c(OC)cc4OC)c(=O)n32)cc1. The van der Waals surface area contributed by atoms with Crippen LogP contribution in [0.5, 0.6) is 17.2 Å². The van der Waals surface area contributed by atoms with Crippen LogP contribution in [0.3, 0.4) is 0 Å². The molecule has 1 aliphatic heterocycles. The molecule has 0 amide bonds. The highest BCUT2D eigenvalue weighted by molar-refractivity contribution is 9.10. The molecule has 0 unspecified atom stereocenters. The van der Waals surface area contributed by atoms with E-state index in [1.807, 2.05) is 18.2 Å². The van der Waals surface area contributed by atoms with Gasteiger partial charge < -0.3 is 18.9 Å². The summed E-state index contributed by atoms with van der Waals surface area (Å²) in [5.41, 5.74) is 1.94. The molecule has 198 valence electrons. The second-order valence-corrected chi connectivity index (χ2v) is 10.1. The number of carbonyl (C=O) groups is 1. The van der Waals surface area contributed by atoms with E-state index in [1.54, 1.807) is 63.0 Å². The van der Waals surface area contributed by atoms with Crippen LogP contribution < -0.4 is 29.1 Å². The van der Waals surface area contributed by atoms with Crippen LogP contribution in [0, 0.1) is 0 Å². The van der Waals surface area contributed by atoms with Crippen LogP contribution >= 0.6 is 27.3 Å². The Hall–Kier alpha value is -3.63. The number of halogens is 1. The number of benzene rings is 2. The van der Waals surface area contributed by atoms with Gasteiger partial charge in [0.2, 0.25) is 0 Å². The molecular formula is C28H27BrN2O6S. The third-order valence-corrected chi connectivity index (χ3v) is 7.47. The number of thiazole rings is 1. The molecule has 0 radical (unpaired) electrons. The van der Waals surface area contributed by atoms with Gasteiger partial charge in [-0.2, -0.15) is 0 Å². The fraction of sp³-hybridized carbons (Fsp3) is 0.250. The van der Waals surface area contributed by atoms with Crippen LogP contribution in [0.2, 0.25) is 0 Å². The highest BCUT2D eigenvalue weighted by Crippen LogP contribution is 2.34. The lowest BCUT2D eigenvalue weighted by Gasteiger charge is -2.24. The molecule has 2 aromatic carbocycles. The van der Waals surface area contributed by atoms with Gasteiger partial charge in [0.05, 0.1) is 47.1 Å². The summed E-state index contributed by atoms with van der Waals surface area (Å²) in [6.45, 7) is 7.73. The van der Waals surface area contributed by atoms with E-state index >= 15 is 0 Å². The summed E-state index contributed by atoms with van der Waals surface area (Å²) in [5.74, 6) is 1.29. The number of hydrogen-bond acceptors (Lipinski definition) is 8. The van der Waals surface area contributed by atoms with Gasteiger partial charge in [-0.1, -0.05) is 36.1 Å². The fourth-order valence-corrected chi connectivity index (χ4v) is 5.71. The number of nitrogens with zero attached hydrogens (tertiary/aromatic N) is 2. The highest BCUT2D eigenvalue weighted by Gasteiger charge is 2.33. The first kappa shape index (κ1) is 27.4. The van der Waals surface area contributed by atoms with E-state index in [-0.39, 0.29) is 12.2 Å². The first-order valence-electron chi connectivity index (χ1n) is 11.8. The number of esters is 1. The molecule has 10 heteroatoms. The largest absolute Gasteiger partial charge is 0.496 e. The van der Waals surface area contributed by atoms with Gasteiger partial charge in [0.25, 0.3) is 5.56 Å². The maximum Gasteiger partial charge on any atom is 0.338 e. The van der Waals surface area contributed by atoms with E-state index in [4.69, 9.17) is 18.9 Å². The smallest absolute Gasteiger partial charge is 0.338 e. The standard InChI is InChI=1S/C28H27BrN2O6S/c1-6-12-37-19-10-8-17(9-11-19)25-24(27(33)36-7-2)16(3)30-28-31(25)26(32)23(38-28)14-18-13-20(29)22(35-5)15-21(18)34-4/h6,8-11,13-15,25H,1,7,12H2,2-5H3/b23-14-/t25-/m0/s1. The normalized spacial score (nSPS) is 15.0. The number of hydrogen-bond donors (Lipinski definition) is 0. The van der Waals surface area contributed by atoms with Gasteiger partial charge >= 0.3 is 5.97 Å². The van der Waals surface area contributed by atoms with Gasteiger partial charge in [0, 0.05) is 11.6 Å². The molecule has 1 atom stereocenters. The molecule has 1 aromatic heterocycles. The van der Waals surface area contributed by atoms with Gasteiger partial charge in [-0.15, -0.1) is 0 Å². The van der Waals surface area contributed by atoms with Crippen molar-refractivity contribution in [2.24, 2.45) is 4.99 Å². The molecule has 8 nitrogen and oxygen atoms in total. The van der Waals surface area contributed by atoms with Crippen LogP contribution in [0.15, 0.2) is 74.6 Å². The molecule has 2 heterocycles. The van der Waals surface area contributed by atoms with E-state index in [0.29, 0.717) is 50.0 Å². The lowest BCUT2D eigenvalue weighted by Crippen LogP contribution is -2.39. The predicted molar refractivity (Wildman–Crippen MR) is 150 cm³/mol. The Morgan fingerprint density at radius 3 is 2.53 bits per heavy atom. The van der Waals surface area contributed by atoms with Crippen molar-refractivity contribution in [3.05, 3.63) is 95.6 Å². The Bertz CT molecular complexity index is 1590. The number of rotatable bonds is 9. The van der Waals surface area contributed by atoms with Gasteiger partial charge in [-0.3, -0.25) is 9.36 Å². The maximum atomic E-state index is 13.8. The van der Waals surface area contributed by atoms with Crippen LogP contribution in [0.4, 0.5) is 0 Å². The van der Waals surface area contributed by atoms with Gasteiger partial charge in [0.1, 0.15) is 23.9 Å². The minimum Gasteiger partial charge on any atom is -0.496 e. The van der Waals surface area contributed by atoms with E-state index in [1.165, 1.54) is 11.3 Å². The summed E-state index contributed by atoms with van der Waals surface area (Å²) in [5, 5.41) is 0. The number of carbonyl (C=O) groups excluding carboxylic acids is 1. The Morgan fingerprint density at radius 2 is 1.89 bits per heavy atom. The van der Waals surface area contributed by atoms with E-state index in [9.17, 15) is 9.59 Å². The second kappa shape index (κ2) is 11.8. The number of aromatic nitrogens is 1. The second-order valence-electron chi connectivity index (χ2n) is 8.20. The average Bonchev–Trinajstić information content (AvgIpc) is 3.21. The van der Waals surface area contributed by atoms with Crippen molar-refractivity contribution in [1.29, 1.82) is 0 Å². The minimum atomic E-state index is -0.717. The molecule has 38 heavy (non-hydrogen) atoms. The number of ether oxygens (including phenoxy) is 4. The molecule has 0 saturated heterocycles. The molecule has 0 N–H and O–H groups in total. The molecule has 0 fully saturated rings. The number of allylic oxidation sites excluding steroid dienone is 1. The molecule has 0 bridgehead atoms. The topological polar surface area (TPSA) is 88.4 Å². The van der Waals surface area contributed by atoms with Crippen molar-refractivity contribution in [2.45, 2.75) is 19.9 Å². The first-order chi connectivity index (χ1) is 18.3. The Balaban J connectivity index is 1.91. The molecule has 4 rings (SSSR count). The van der Waals surface area contributed by atoms with Gasteiger partial charge in [-0.25, -0.2) is 9.79 Å². The average molecular weight is 600 g/mol. The van der Waals surface area contributed by atoms with Crippen molar-refractivity contribution >= 4 is 39.3 Å². The zero-order valence-corrected chi connectivity index (χ0v) is 23.9. The monoisotopic (exact) mass is 598 g/mol. The molecule has 0 aliphatic carbocycles. The molecule has 0 spiro atoms. The van der Waals surface area contributed by atoms with Crippen molar-refractivity contribution in [3.8, 4) is 17.2 Å². The van der Waals surface area contributed by atoms with Crippen LogP contribution in [-0.2, 0) is 9.53 Å². The number of fused-ring (bicyclic) bond motifs is 1. The lowest BCUT2D eigenvalue weighted by atomic mass is 9.96. The minimum absolute atomic E-state index is 0.202. The first-order valence-corrected chi connectivity index (χ1v) is 13.4. The maximum absolute atomic E-state index is 13.8. The summed E-state index contributed by atoms with van der Waals surface area (Å²) in [4.78, 5) is 32.0.